The molecule has 2 aromatic rings. The Balaban J connectivity index is 1.52. The number of nitrogens with zero attached hydrogens (tertiary/aromatic N) is 2. The number of sulfonamides is 1. The van der Waals surface area contributed by atoms with Crippen molar-refractivity contribution in [2.45, 2.75) is 37.6 Å². The fourth-order valence-electron chi connectivity index (χ4n) is 3.54. The van der Waals surface area contributed by atoms with Crippen LogP contribution in [0.1, 0.15) is 57.7 Å². The van der Waals surface area contributed by atoms with Gasteiger partial charge in [0.15, 0.2) is 0 Å². The third-order valence-corrected chi connectivity index (χ3v) is 7.28. The Labute approximate surface area is 188 Å². The number of benzene rings is 2. The van der Waals surface area contributed by atoms with Gasteiger partial charge in [-0.25, -0.2) is 12.7 Å². The average Bonchev–Trinajstić information content (AvgIpc) is 2.97. The van der Waals surface area contributed by atoms with Crippen LogP contribution in [0.4, 0.5) is 0 Å². The zero-order chi connectivity index (χ0) is 23.6. The summed E-state index contributed by atoms with van der Waals surface area (Å²) in [5, 5.41) is 2.86. The normalized spacial score (nSPS) is 14.6. The van der Waals surface area contributed by atoms with Gasteiger partial charge >= 0.3 is 0 Å². The highest BCUT2D eigenvalue weighted by Gasteiger charge is 2.35. The van der Waals surface area contributed by atoms with Crippen molar-refractivity contribution in [1.82, 2.24) is 14.5 Å². The number of fused-ring (bicyclic) bond motifs is 1. The predicted octanol–water partition coefficient (Wildman–Crippen LogP) is 2.50. The molecule has 1 aliphatic rings. The lowest BCUT2D eigenvalue weighted by atomic mass is 10.1. The van der Waals surface area contributed by atoms with Crippen LogP contribution in [-0.4, -0.2) is 56.0 Å². The molecule has 32 heavy (non-hydrogen) atoms. The van der Waals surface area contributed by atoms with E-state index in [1.54, 1.807) is 37.3 Å². The summed E-state index contributed by atoms with van der Waals surface area (Å²) in [6.45, 7) is 3.84. The van der Waals surface area contributed by atoms with Crippen LogP contribution >= 0.6 is 0 Å². The van der Waals surface area contributed by atoms with Crippen LogP contribution in [0.3, 0.4) is 0 Å². The third-order valence-electron chi connectivity index (χ3n) is 5.45. The Bertz CT molecular complexity index is 1160. The molecule has 3 rings (SSSR count). The van der Waals surface area contributed by atoms with Crippen LogP contribution in [0, 0.1) is 6.92 Å². The predicted molar refractivity (Wildman–Crippen MR) is 120 cm³/mol. The number of amides is 3. The number of carbonyl (C=O) groups excluding carboxylic acids is 3. The summed E-state index contributed by atoms with van der Waals surface area (Å²) in [5.41, 5.74) is 2.49. The molecule has 1 N–H and O–H groups in total. The van der Waals surface area contributed by atoms with E-state index in [0.717, 1.165) is 15.4 Å². The van der Waals surface area contributed by atoms with Crippen LogP contribution in [0.2, 0.25) is 0 Å². The quantitative estimate of drug-likeness (QED) is 0.614. The summed E-state index contributed by atoms with van der Waals surface area (Å²) in [4.78, 5) is 38.7. The molecule has 0 aromatic heterocycles. The second kappa shape index (κ2) is 9.22. The van der Waals surface area contributed by atoms with E-state index in [9.17, 15) is 22.8 Å². The highest BCUT2D eigenvalue weighted by atomic mass is 32.2. The van der Waals surface area contributed by atoms with Gasteiger partial charge in [-0.05, 0) is 50.1 Å². The monoisotopic (exact) mass is 457 g/mol. The molecule has 0 bridgehead atoms. The molecule has 1 unspecified atom stereocenters. The fraction of sp³-hybridized carbons (Fsp3) is 0.348. The van der Waals surface area contributed by atoms with Crippen molar-refractivity contribution in [2.75, 3.05) is 20.6 Å². The Kier molecular flexibility index (Phi) is 6.80. The molecular weight excluding hydrogens is 430 g/mol. The van der Waals surface area contributed by atoms with Crippen molar-refractivity contribution in [3.8, 4) is 0 Å². The first-order valence-electron chi connectivity index (χ1n) is 10.3. The van der Waals surface area contributed by atoms with Gasteiger partial charge < -0.3 is 5.32 Å². The van der Waals surface area contributed by atoms with E-state index in [4.69, 9.17) is 0 Å². The minimum atomic E-state index is -3.51. The molecule has 1 atom stereocenters. The zero-order valence-electron chi connectivity index (χ0n) is 18.6. The molecule has 8 nitrogen and oxygen atoms in total. The van der Waals surface area contributed by atoms with Crippen LogP contribution in [0.25, 0.3) is 0 Å². The molecule has 0 radical (unpaired) electrons. The van der Waals surface area contributed by atoms with Crippen LogP contribution in [0.15, 0.2) is 47.4 Å². The lowest BCUT2D eigenvalue weighted by Crippen LogP contribution is -2.32. The Morgan fingerprint density at radius 3 is 2.28 bits per heavy atom. The van der Waals surface area contributed by atoms with Crippen molar-refractivity contribution in [3.05, 3.63) is 64.7 Å². The fourth-order valence-corrected chi connectivity index (χ4v) is 4.44. The van der Waals surface area contributed by atoms with E-state index in [2.05, 4.69) is 5.32 Å². The second-order valence-electron chi connectivity index (χ2n) is 8.06. The molecule has 0 saturated carbocycles. The van der Waals surface area contributed by atoms with Gasteiger partial charge in [-0.3, -0.25) is 19.3 Å². The van der Waals surface area contributed by atoms with Gasteiger partial charge in [-0.1, -0.05) is 23.8 Å². The number of hydrogen-bond acceptors (Lipinski definition) is 5. The van der Waals surface area contributed by atoms with Gasteiger partial charge in [-0.15, -0.1) is 0 Å². The molecular formula is C23H27N3O5S. The van der Waals surface area contributed by atoms with Gasteiger partial charge in [0.25, 0.3) is 11.8 Å². The number of hydrogen-bond donors (Lipinski definition) is 1. The van der Waals surface area contributed by atoms with E-state index in [-0.39, 0.29) is 41.6 Å². The minimum Gasteiger partial charge on any atom is -0.350 e. The summed E-state index contributed by atoms with van der Waals surface area (Å²) >= 11 is 0. The molecule has 1 heterocycles. The zero-order valence-corrected chi connectivity index (χ0v) is 19.4. The maximum Gasteiger partial charge on any atom is 0.261 e. The van der Waals surface area contributed by atoms with Gasteiger partial charge in [0.2, 0.25) is 15.9 Å². The molecule has 9 heteroatoms. The molecule has 3 amide bonds. The van der Waals surface area contributed by atoms with Crippen molar-refractivity contribution >= 4 is 27.7 Å². The lowest BCUT2D eigenvalue weighted by molar-refractivity contribution is -0.121. The Morgan fingerprint density at radius 1 is 1.03 bits per heavy atom. The summed E-state index contributed by atoms with van der Waals surface area (Å²) in [5.74, 6) is -0.864. The molecule has 0 aliphatic carbocycles. The Morgan fingerprint density at radius 2 is 1.66 bits per heavy atom. The summed E-state index contributed by atoms with van der Waals surface area (Å²) < 4.78 is 25.5. The van der Waals surface area contributed by atoms with E-state index in [1.165, 1.54) is 31.1 Å². The van der Waals surface area contributed by atoms with Gasteiger partial charge in [0.05, 0.1) is 22.1 Å². The van der Waals surface area contributed by atoms with Crippen molar-refractivity contribution in [3.63, 3.8) is 0 Å². The van der Waals surface area contributed by atoms with Crippen LogP contribution < -0.4 is 5.32 Å². The SMILES string of the molecule is Cc1ccc2c(c1)C(=O)N(CCCC(=O)NC(C)c1ccc(S(=O)(=O)N(C)C)cc1)C2=O. The van der Waals surface area contributed by atoms with E-state index in [0.29, 0.717) is 17.5 Å². The maximum atomic E-state index is 12.5. The summed E-state index contributed by atoms with van der Waals surface area (Å²) in [7, 11) is -0.573. The first-order valence-corrected chi connectivity index (χ1v) is 11.7. The summed E-state index contributed by atoms with van der Waals surface area (Å²) in [6.07, 6.45) is 0.507. The standard InChI is InChI=1S/C23H27N3O5S/c1-15-7-12-19-20(14-15)23(29)26(22(19)28)13-5-6-21(27)24-16(2)17-8-10-18(11-9-17)32(30,31)25(3)4/h7-12,14,16H,5-6,13H2,1-4H3,(H,24,27). The highest BCUT2D eigenvalue weighted by molar-refractivity contribution is 7.89. The number of aryl methyl sites for hydroxylation is 1. The minimum absolute atomic E-state index is 0.157. The van der Waals surface area contributed by atoms with Crippen molar-refractivity contribution in [2.24, 2.45) is 0 Å². The van der Waals surface area contributed by atoms with Crippen molar-refractivity contribution < 1.29 is 22.8 Å². The van der Waals surface area contributed by atoms with Gasteiger partial charge in [0.1, 0.15) is 0 Å². The van der Waals surface area contributed by atoms with Crippen LogP contribution in [0.5, 0.6) is 0 Å². The highest BCUT2D eigenvalue weighted by Crippen LogP contribution is 2.24. The smallest absolute Gasteiger partial charge is 0.261 e. The number of carbonyl (C=O) groups is 3. The molecule has 0 fully saturated rings. The molecule has 170 valence electrons. The van der Waals surface area contributed by atoms with E-state index in [1.807, 2.05) is 6.92 Å². The topological polar surface area (TPSA) is 104 Å². The average molecular weight is 458 g/mol. The first-order chi connectivity index (χ1) is 15.0. The number of rotatable bonds is 8. The van der Waals surface area contributed by atoms with E-state index < -0.39 is 10.0 Å². The van der Waals surface area contributed by atoms with Gasteiger partial charge in [0, 0.05) is 27.1 Å². The Hall–Kier alpha value is -3.04. The molecule has 2 aromatic carbocycles. The molecule has 0 saturated heterocycles. The van der Waals surface area contributed by atoms with E-state index >= 15 is 0 Å². The van der Waals surface area contributed by atoms with Crippen LogP contribution in [-0.2, 0) is 14.8 Å². The maximum absolute atomic E-state index is 12.5. The number of nitrogens with one attached hydrogen (secondary N) is 1. The largest absolute Gasteiger partial charge is 0.350 e. The number of imide groups is 1. The summed E-state index contributed by atoms with van der Waals surface area (Å²) in [6, 6.07) is 11.2. The van der Waals surface area contributed by atoms with Crippen molar-refractivity contribution in [1.29, 1.82) is 0 Å². The van der Waals surface area contributed by atoms with Gasteiger partial charge in [-0.2, -0.15) is 0 Å². The molecule has 0 spiro atoms. The second-order valence-corrected chi connectivity index (χ2v) is 10.2. The molecule has 1 aliphatic heterocycles. The lowest BCUT2D eigenvalue weighted by Gasteiger charge is -2.17. The first kappa shape index (κ1) is 23.6. The third kappa shape index (κ3) is 4.73.